The Kier molecular flexibility index (Phi) is 12.2. The monoisotopic (exact) mass is 438 g/mol. The Morgan fingerprint density at radius 3 is 2.41 bits per heavy atom. The number of hydrogen-bond acceptors (Lipinski definition) is 4. The minimum Gasteiger partial charge on any atom is -0.748 e. The van der Waals surface area contributed by atoms with E-state index in [-0.39, 0.29) is 34.6 Å². The van der Waals surface area contributed by atoms with E-state index in [9.17, 15) is 14.4 Å². The predicted molar refractivity (Wildman–Crippen MR) is 110 cm³/mol. The molecule has 1 atom stereocenters. The summed E-state index contributed by atoms with van der Waals surface area (Å²) in [5.41, 5.74) is 1.75. The normalized spacial score (nSPS) is 15.2. The van der Waals surface area contributed by atoms with Crippen molar-refractivity contribution in [1.82, 2.24) is 0 Å². The SMILES string of the molecule is CCOC(=O)CCCCC[c-]1cccc1C(=O)C1CCCC1=O.[Fe].[cH-]1[cH-][cH-][cH-][cH-]1. The fourth-order valence-corrected chi connectivity index (χ4v) is 3.51. The second-order valence-corrected chi connectivity index (χ2v) is 7.07. The van der Waals surface area contributed by atoms with Crippen LogP contribution in [0.3, 0.4) is 0 Å². The van der Waals surface area contributed by atoms with Gasteiger partial charge in [0, 0.05) is 35.8 Å². The first kappa shape index (κ1) is 25.1. The van der Waals surface area contributed by atoms with Crippen LogP contribution in [0, 0.1) is 5.92 Å². The van der Waals surface area contributed by atoms with E-state index in [0.29, 0.717) is 25.9 Å². The van der Waals surface area contributed by atoms with Crippen LogP contribution < -0.4 is 0 Å². The fraction of sp³-hybridized carbons (Fsp3) is 0.458. The van der Waals surface area contributed by atoms with Crippen molar-refractivity contribution in [2.75, 3.05) is 6.61 Å². The van der Waals surface area contributed by atoms with Gasteiger partial charge < -0.3 is 39.9 Å². The molecule has 1 aliphatic rings. The first-order valence-corrected chi connectivity index (χ1v) is 10.3. The molecule has 1 aliphatic carbocycles. The Morgan fingerprint density at radius 2 is 1.83 bits per heavy atom. The number of aryl methyl sites for hydroxylation is 1. The molecule has 164 valence electrons. The van der Waals surface area contributed by atoms with Crippen molar-refractivity contribution in [1.29, 1.82) is 0 Å². The minimum absolute atomic E-state index is 0. The van der Waals surface area contributed by atoms with Crippen molar-refractivity contribution in [2.24, 2.45) is 5.92 Å². The van der Waals surface area contributed by atoms with E-state index in [4.69, 9.17) is 4.74 Å². The molecule has 4 nitrogen and oxygen atoms in total. The van der Waals surface area contributed by atoms with Crippen LogP contribution in [-0.4, -0.2) is 24.1 Å². The van der Waals surface area contributed by atoms with E-state index < -0.39 is 5.92 Å². The molecule has 1 saturated carbocycles. The summed E-state index contributed by atoms with van der Waals surface area (Å²) in [6, 6.07) is 15.7. The molecule has 0 spiro atoms. The van der Waals surface area contributed by atoms with Crippen LogP contribution in [0.1, 0.15) is 67.8 Å². The van der Waals surface area contributed by atoms with Crippen LogP contribution in [0.5, 0.6) is 0 Å². The maximum atomic E-state index is 12.5. The standard InChI is InChI=1S/C19H25O4.C5H5.Fe/c1-2-23-18(21)13-5-3-4-8-14-9-6-10-15(14)19(22)16-11-7-12-17(16)20;1-2-4-5-3-1;/h6,9-10,16H,2-5,7-8,11-13H2,1H3;1-5H;/q-1;-5;. The number of rotatable bonds is 9. The zero-order valence-electron chi connectivity index (χ0n) is 17.0. The average Bonchev–Trinajstić information content (AvgIpc) is 3.45. The zero-order chi connectivity index (χ0) is 20.2. The summed E-state index contributed by atoms with van der Waals surface area (Å²) in [6.07, 6.45) is 6.02. The van der Waals surface area contributed by atoms with Gasteiger partial charge in [0.2, 0.25) is 0 Å². The molecule has 29 heavy (non-hydrogen) atoms. The fourth-order valence-electron chi connectivity index (χ4n) is 3.51. The molecule has 0 N–H and O–H groups in total. The number of carbonyl (C=O) groups is 3. The number of unbranched alkanes of at least 4 members (excludes halogenated alkanes) is 2. The summed E-state index contributed by atoms with van der Waals surface area (Å²) in [7, 11) is 0. The Hall–Kier alpha value is -1.97. The summed E-state index contributed by atoms with van der Waals surface area (Å²) in [5, 5.41) is 0. The van der Waals surface area contributed by atoms with E-state index in [2.05, 4.69) is 0 Å². The molecule has 2 aromatic rings. The molecule has 0 bridgehead atoms. The Bertz CT molecular complexity index is 713. The number of carbonyl (C=O) groups excluding carboxylic acids is 3. The van der Waals surface area contributed by atoms with Crippen molar-refractivity contribution < 1.29 is 36.2 Å². The quantitative estimate of drug-likeness (QED) is 0.138. The summed E-state index contributed by atoms with van der Waals surface area (Å²) < 4.78 is 4.90. The number of esters is 1. The summed E-state index contributed by atoms with van der Waals surface area (Å²) in [5.74, 6) is -0.466. The Balaban J connectivity index is 0.000000610. The van der Waals surface area contributed by atoms with Crippen molar-refractivity contribution >= 4 is 17.5 Å². The van der Waals surface area contributed by atoms with Crippen molar-refractivity contribution in [2.45, 2.75) is 58.3 Å². The van der Waals surface area contributed by atoms with Crippen LogP contribution in [0.15, 0.2) is 48.5 Å². The third-order valence-electron chi connectivity index (χ3n) is 4.98. The molecule has 0 heterocycles. The molecule has 2 aromatic carbocycles. The molecule has 1 fully saturated rings. The van der Waals surface area contributed by atoms with Gasteiger partial charge in [-0.05, 0) is 26.2 Å². The molecule has 0 amide bonds. The van der Waals surface area contributed by atoms with Gasteiger partial charge in [-0.25, -0.2) is 0 Å². The largest absolute Gasteiger partial charge is 0.748 e. The second kappa shape index (κ2) is 14.1. The topological polar surface area (TPSA) is 60.4 Å². The predicted octanol–water partition coefficient (Wildman–Crippen LogP) is 5.03. The Labute approximate surface area is 184 Å². The van der Waals surface area contributed by atoms with Gasteiger partial charge in [-0.15, -0.1) is 11.1 Å². The van der Waals surface area contributed by atoms with Gasteiger partial charge in [0.1, 0.15) is 5.78 Å². The number of hydrogen-bond donors (Lipinski definition) is 0. The molecule has 0 aliphatic heterocycles. The van der Waals surface area contributed by atoms with E-state index in [1.807, 2.05) is 48.5 Å². The molecule has 0 radical (unpaired) electrons. The summed E-state index contributed by atoms with van der Waals surface area (Å²) in [4.78, 5) is 35.5. The van der Waals surface area contributed by atoms with Crippen LogP contribution in [0.25, 0.3) is 0 Å². The maximum absolute atomic E-state index is 12.5. The summed E-state index contributed by atoms with van der Waals surface area (Å²) in [6.45, 7) is 2.23. The van der Waals surface area contributed by atoms with Crippen LogP contribution in [-0.2, 0) is 37.8 Å². The minimum atomic E-state index is -0.417. The number of ether oxygens (including phenoxy) is 1. The molecular formula is C24H30FeO4-6. The van der Waals surface area contributed by atoms with Crippen LogP contribution >= 0.6 is 0 Å². The van der Waals surface area contributed by atoms with Gasteiger partial charge in [-0.2, -0.15) is 18.2 Å². The molecule has 3 rings (SSSR count). The third kappa shape index (κ3) is 8.51. The molecular weight excluding hydrogens is 408 g/mol. The van der Waals surface area contributed by atoms with Gasteiger partial charge >= 0.3 is 5.97 Å². The zero-order valence-corrected chi connectivity index (χ0v) is 18.2. The molecule has 1 unspecified atom stereocenters. The van der Waals surface area contributed by atoms with Crippen LogP contribution in [0.2, 0.25) is 0 Å². The van der Waals surface area contributed by atoms with E-state index in [0.717, 1.165) is 43.2 Å². The van der Waals surface area contributed by atoms with Crippen molar-refractivity contribution in [3.8, 4) is 0 Å². The number of ketones is 2. The van der Waals surface area contributed by atoms with E-state index >= 15 is 0 Å². The summed E-state index contributed by atoms with van der Waals surface area (Å²) >= 11 is 0. The van der Waals surface area contributed by atoms with Crippen LogP contribution in [0.4, 0.5) is 0 Å². The molecule has 0 saturated heterocycles. The third-order valence-corrected chi connectivity index (χ3v) is 4.98. The van der Waals surface area contributed by atoms with E-state index in [1.165, 1.54) is 0 Å². The number of Topliss-reactive ketones (excluding diaryl/α,β-unsaturated/α-hetero) is 2. The first-order valence-electron chi connectivity index (χ1n) is 10.3. The molecule has 5 heteroatoms. The van der Waals surface area contributed by atoms with E-state index in [1.54, 1.807) is 6.92 Å². The average molecular weight is 438 g/mol. The first-order chi connectivity index (χ1) is 13.6. The maximum Gasteiger partial charge on any atom is 0.305 e. The van der Waals surface area contributed by atoms with Gasteiger partial charge in [-0.1, -0.05) is 19.3 Å². The van der Waals surface area contributed by atoms with Crippen molar-refractivity contribution in [3.63, 3.8) is 0 Å². The van der Waals surface area contributed by atoms with Gasteiger partial charge in [0.05, 0.1) is 12.4 Å². The smallest absolute Gasteiger partial charge is 0.305 e. The molecule has 0 aromatic heterocycles. The van der Waals surface area contributed by atoms with Gasteiger partial charge in [0.15, 0.2) is 0 Å². The second-order valence-electron chi connectivity index (χ2n) is 7.07. The van der Waals surface area contributed by atoms with Crippen molar-refractivity contribution in [3.05, 3.63) is 59.7 Å². The Morgan fingerprint density at radius 1 is 1.14 bits per heavy atom. The van der Waals surface area contributed by atoms with Gasteiger partial charge in [0.25, 0.3) is 0 Å². The van der Waals surface area contributed by atoms with Gasteiger partial charge in [-0.3, -0.25) is 9.59 Å².